The van der Waals surface area contributed by atoms with E-state index in [1.165, 1.54) is 7.11 Å². The van der Waals surface area contributed by atoms with Crippen molar-refractivity contribution in [2.24, 2.45) is 5.92 Å². The summed E-state index contributed by atoms with van der Waals surface area (Å²) in [6, 6.07) is 7.29. The highest BCUT2D eigenvalue weighted by Crippen LogP contribution is 2.23. The molecule has 0 aliphatic carbocycles. The van der Waals surface area contributed by atoms with Crippen molar-refractivity contribution in [2.75, 3.05) is 45.2 Å². The molecule has 0 spiro atoms. The number of hydrogen-bond donors (Lipinski definition) is 2. The molecule has 0 unspecified atom stereocenters. The van der Waals surface area contributed by atoms with Gasteiger partial charge in [0, 0.05) is 38.1 Å². The zero-order chi connectivity index (χ0) is 23.8. The van der Waals surface area contributed by atoms with Crippen LogP contribution >= 0.6 is 0 Å². The fourth-order valence-corrected chi connectivity index (χ4v) is 3.87. The van der Waals surface area contributed by atoms with Crippen molar-refractivity contribution in [2.45, 2.75) is 46.2 Å². The van der Waals surface area contributed by atoms with Gasteiger partial charge >= 0.3 is 12.0 Å². The van der Waals surface area contributed by atoms with E-state index < -0.39 is 6.04 Å². The Hall–Kier alpha value is -2.94. The largest absolute Gasteiger partial charge is 0.467 e. The first kappa shape index (κ1) is 24.7. The summed E-state index contributed by atoms with van der Waals surface area (Å²) in [6.45, 7) is 10.2. The molecule has 1 aliphatic rings. The van der Waals surface area contributed by atoms with Crippen LogP contribution < -0.4 is 10.6 Å². The van der Waals surface area contributed by atoms with E-state index in [-0.39, 0.29) is 17.9 Å². The number of benzene rings is 1. The monoisotopic (exact) mass is 456 g/mol. The van der Waals surface area contributed by atoms with Crippen LogP contribution in [0.4, 0.5) is 10.6 Å². The van der Waals surface area contributed by atoms with Crippen LogP contribution in [0.2, 0.25) is 0 Å². The van der Waals surface area contributed by atoms with Gasteiger partial charge in [-0.25, -0.2) is 19.6 Å². The normalized spacial score (nSPS) is 15.5. The van der Waals surface area contributed by atoms with E-state index in [2.05, 4.69) is 22.5 Å². The van der Waals surface area contributed by atoms with Gasteiger partial charge in [-0.15, -0.1) is 0 Å². The molecule has 1 aliphatic heterocycles. The number of unbranched alkanes of at least 4 members (excludes halogenated alkanes) is 1. The van der Waals surface area contributed by atoms with Gasteiger partial charge in [-0.2, -0.15) is 0 Å². The van der Waals surface area contributed by atoms with Crippen LogP contribution in [0.25, 0.3) is 10.9 Å². The molecule has 33 heavy (non-hydrogen) atoms. The number of rotatable bonds is 9. The minimum Gasteiger partial charge on any atom is -0.467 e. The van der Waals surface area contributed by atoms with E-state index >= 15 is 0 Å². The Kier molecular flexibility index (Phi) is 8.82. The molecule has 2 heterocycles. The summed E-state index contributed by atoms with van der Waals surface area (Å²) in [5.74, 6) is 1.03. The average Bonchev–Trinajstić information content (AvgIpc) is 2.82. The fraction of sp³-hybridized carbons (Fsp3) is 0.583. The number of methoxy groups -OCH3 is 1. The van der Waals surface area contributed by atoms with Crippen LogP contribution in [0.15, 0.2) is 24.3 Å². The summed E-state index contributed by atoms with van der Waals surface area (Å²) < 4.78 is 4.98. The third-order valence-corrected chi connectivity index (χ3v) is 5.89. The second-order valence-electron chi connectivity index (χ2n) is 8.74. The molecule has 2 aromatic rings. The number of carbonyl (C=O) groups is 2. The third-order valence-electron chi connectivity index (χ3n) is 5.89. The van der Waals surface area contributed by atoms with Crippen molar-refractivity contribution in [3.05, 3.63) is 30.1 Å². The molecule has 1 aromatic carbocycles. The van der Waals surface area contributed by atoms with Gasteiger partial charge in [0.25, 0.3) is 0 Å². The molecular weight excluding hydrogens is 420 g/mol. The first-order valence-corrected chi connectivity index (χ1v) is 11.8. The number of urea groups is 1. The van der Waals surface area contributed by atoms with Crippen molar-refractivity contribution < 1.29 is 14.3 Å². The van der Waals surface area contributed by atoms with Crippen molar-refractivity contribution >= 4 is 28.7 Å². The summed E-state index contributed by atoms with van der Waals surface area (Å²) in [7, 11) is 1.40. The Morgan fingerprint density at radius 1 is 1.12 bits per heavy atom. The minimum absolute atomic E-state index is 0.0130. The number of para-hydroxylation sites is 1. The molecule has 1 atom stereocenters. The Labute approximate surface area is 195 Å². The predicted molar refractivity (Wildman–Crippen MR) is 129 cm³/mol. The molecule has 1 aromatic heterocycles. The van der Waals surface area contributed by atoms with Crippen molar-refractivity contribution in [3.63, 3.8) is 0 Å². The lowest BCUT2D eigenvalue weighted by atomic mass is 10.0. The molecular formula is C24H36N6O3. The first-order chi connectivity index (χ1) is 15.9. The van der Waals surface area contributed by atoms with Gasteiger partial charge in [0.05, 0.1) is 19.2 Å². The predicted octanol–water partition coefficient (Wildman–Crippen LogP) is 2.87. The first-order valence-electron chi connectivity index (χ1n) is 11.8. The SMILES string of the molecule is CCCCNC(=O)N1CCN(Cc2nc(N[C@H](C(=O)OC)C(C)C)c3ccccc3n2)CC1. The van der Waals surface area contributed by atoms with Gasteiger partial charge < -0.3 is 20.3 Å². The smallest absolute Gasteiger partial charge is 0.328 e. The Balaban J connectivity index is 1.70. The maximum absolute atomic E-state index is 12.3. The number of anilines is 1. The Bertz CT molecular complexity index is 943. The standard InChI is InChI=1S/C24H36N6O3/c1-5-6-11-25-24(32)30-14-12-29(13-15-30)16-20-26-19-10-8-7-9-18(19)22(27-20)28-21(17(2)3)23(31)33-4/h7-10,17,21H,5-6,11-16H2,1-4H3,(H,25,32)(H,26,27,28)/t21-/m0/s1. The number of fused-ring (bicyclic) bond motifs is 1. The van der Waals surface area contributed by atoms with Crippen LogP contribution in [-0.4, -0.2) is 77.6 Å². The highest BCUT2D eigenvalue weighted by Gasteiger charge is 2.25. The van der Waals surface area contributed by atoms with Crippen molar-refractivity contribution in [3.8, 4) is 0 Å². The minimum atomic E-state index is -0.504. The van der Waals surface area contributed by atoms with Crippen molar-refractivity contribution in [1.29, 1.82) is 0 Å². The van der Waals surface area contributed by atoms with E-state index in [0.29, 0.717) is 31.3 Å². The number of amides is 2. The summed E-state index contributed by atoms with van der Waals surface area (Å²) >= 11 is 0. The van der Waals surface area contributed by atoms with Gasteiger partial charge in [0.1, 0.15) is 17.7 Å². The van der Waals surface area contributed by atoms with Gasteiger partial charge in [-0.3, -0.25) is 4.90 Å². The van der Waals surface area contributed by atoms with Crippen LogP contribution in [0.3, 0.4) is 0 Å². The van der Waals surface area contributed by atoms with Gasteiger partial charge in [0.2, 0.25) is 0 Å². The molecule has 9 nitrogen and oxygen atoms in total. The van der Waals surface area contributed by atoms with Crippen LogP contribution in [0.1, 0.15) is 39.4 Å². The molecule has 3 rings (SSSR count). The maximum atomic E-state index is 12.3. The number of esters is 1. The molecule has 2 amide bonds. The second kappa shape index (κ2) is 11.8. The highest BCUT2D eigenvalue weighted by molar-refractivity contribution is 5.91. The zero-order valence-electron chi connectivity index (χ0n) is 20.1. The topological polar surface area (TPSA) is 99.7 Å². The maximum Gasteiger partial charge on any atom is 0.328 e. The van der Waals surface area contributed by atoms with Gasteiger partial charge in [0.15, 0.2) is 0 Å². The number of nitrogens with zero attached hydrogens (tertiary/aromatic N) is 4. The summed E-state index contributed by atoms with van der Waals surface area (Å²) in [6.07, 6.45) is 2.06. The third kappa shape index (κ3) is 6.54. The molecule has 0 bridgehead atoms. The zero-order valence-corrected chi connectivity index (χ0v) is 20.1. The lowest BCUT2D eigenvalue weighted by molar-refractivity contribution is -0.142. The summed E-state index contributed by atoms with van der Waals surface area (Å²) in [5, 5.41) is 7.14. The molecule has 180 valence electrons. The van der Waals surface area contributed by atoms with Gasteiger partial charge in [-0.1, -0.05) is 39.3 Å². The number of ether oxygens (including phenoxy) is 1. The van der Waals surface area contributed by atoms with E-state index in [1.807, 2.05) is 43.0 Å². The van der Waals surface area contributed by atoms with E-state index in [9.17, 15) is 9.59 Å². The lowest BCUT2D eigenvalue weighted by Crippen LogP contribution is -2.51. The Morgan fingerprint density at radius 3 is 2.52 bits per heavy atom. The van der Waals surface area contributed by atoms with Crippen LogP contribution in [-0.2, 0) is 16.1 Å². The fourth-order valence-electron chi connectivity index (χ4n) is 3.87. The van der Waals surface area contributed by atoms with Crippen LogP contribution in [0.5, 0.6) is 0 Å². The number of nitrogens with one attached hydrogen (secondary N) is 2. The molecule has 9 heteroatoms. The Morgan fingerprint density at radius 2 is 1.85 bits per heavy atom. The van der Waals surface area contributed by atoms with Crippen molar-refractivity contribution in [1.82, 2.24) is 25.1 Å². The summed E-state index contributed by atoms with van der Waals surface area (Å²) in [4.78, 5) is 38.2. The highest BCUT2D eigenvalue weighted by atomic mass is 16.5. The number of aromatic nitrogens is 2. The summed E-state index contributed by atoms with van der Waals surface area (Å²) in [5.41, 5.74) is 0.825. The molecule has 0 radical (unpaired) electrons. The lowest BCUT2D eigenvalue weighted by Gasteiger charge is -2.34. The van der Waals surface area contributed by atoms with E-state index in [1.54, 1.807) is 0 Å². The quantitative estimate of drug-likeness (QED) is 0.442. The van der Waals surface area contributed by atoms with Gasteiger partial charge in [-0.05, 0) is 24.5 Å². The molecule has 0 saturated carbocycles. The van der Waals surface area contributed by atoms with E-state index in [4.69, 9.17) is 14.7 Å². The second-order valence-corrected chi connectivity index (χ2v) is 8.74. The number of piperazine rings is 1. The molecule has 1 fully saturated rings. The molecule has 2 N–H and O–H groups in total. The van der Waals surface area contributed by atoms with E-state index in [0.717, 1.165) is 43.4 Å². The number of hydrogen-bond acceptors (Lipinski definition) is 7. The average molecular weight is 457 g/mol. The van der Waals surface area contributed by atoms with Crippen LogP contribution in [0, 0.1) is 5.92 Å². The molecule has 1 saturated heterocycles. The number of carbonyl (C=O) groups excluding carboxylic acids is 2.